The Balaban J connectivity index is 2.17. The second kappa shape index (κ2) is 5.64. The van der Waals surface area contributed by atoms with Gasteiger partial charge in [-0.3, -0.25) is 0 Å². The van der Waals surface area contributed by atoms with Crippen LogP contribution in [0.1, 0.15) is 25.0 Å². The highest BCUT2D eigenvalue weighted by Gasteiger charge is 2.25. The molecule has 0 bridgehead atoms. The minimum Gasteiger partial charge on any atom is -0.364 e. The SMILES string of the molecule is CC(C)N1CC(Br)=C(c2ccc(F)cc2)c2ccccc21. The van der Waals surface area contributed by atoms with E-state index in [-0.39, 0.29) is 5.82 Å². The molecule has 2 aromatic carbocycles. The molecule has 21 heavy (non-hydrogen) atoms. The molecule has 0 N–H and O–H groups in total. The summed E-state index contributed by atoms with van der Waals surface area (Å²) in [6.07, 6.45) is 0. The van der Waals surface area contributed by atoms with E-state index >= 15 is 0 Å². The summed E-state index contributed by atoms with van der Waals surface area (Å²) in [5.41, 5.74) is 4.62. The summed E-state index contributed by atoms with van der Waals surface area (Å²) in [4.78, 5) is 2.37. The summed E-state index contributed by atoms with van der Waals surface area (Å²) < 4.78 is 14.3. The maximum Gasteiger partial charge on any atom is 0.123 e. The van der Waals surface area contributed by atoms with Gasteiger partial charge in [0.25, 0.3) is 0 Å². The zero-order chi connectivity index (χ0) is 15.0. The van der Waals surface area contributed by atoms with Gasteiger partial charge in [0.15, 0.2) is 0 Å². The largest absolute Gasteiger partial charge is 0.364 e. The number of para-hydroxylation sites is 1. The molecular formula is C18H17BrFN. The van der Waals surface area contributed by atoms with E-state index in [9.17, 15) is 4.39 Å². The van der Waals surface area contributed by atoms with Crippen LogP contribution in [-0.2, 0) is 0 Å². The van der Waals surface area contributed by atoms with Crippen molar-refractivity contribution in [2.75, 3.05) is 11.4 Å². The van der Waals surface area contributed by atoms with E-state index < -0.39 is 0 Å². The van der Waals surface area contributed by atoms with E-state index in [1.807, 2.05) is 18.2 Å². The smallest absolute Gasteiger partial charge is 0.123 e. The molecule has 3 rings (SSSR count). The van der Waals surface area contributed by atoms with Gasteiger partial charge in [0.1, 0.15) is 5.82 Å². The van der Waals surface area contributed by atoms with E-state index in [0.29, 0.717) is 6.04 Å². The van der Waals surface area contributed by atoms with Gasteiger partial charge < -0.3 is 4.90 Å². The molecule has 1 nitrogen and oxygen atoms in total. The number of hydrogen-bond acceptors (Lipinski definition) is 1. The molecule has 0 radical (unpaired) electrons. The number of fused-ring (bicyclic) bond motifs is 1. The van der Waals surface area contributed by atoms with Gasteiger partial charge >= 0.3 is 0 Å². The molecule has 1 aliphatic heterocycles. The minimum atomic E-state index is -0.205. The zero-order valence-corrected chi connectivity index (χ0v) is 13.7. The Morgan fingerprint density at radius 3 is 2.38 bits per heavy atom. The molecule has 0 unspecified atom stereocenters. The molecule has 3 heteroatoms. The lowest BCUT2D eigenvalue weighted by molar-refractivity contribution is 0.627. The van der Waals surface area contributed by atoms with Crippen molar-refractivity contribution < 1.29 is 4.39 Å². The van der Waals surface area contributed by atoms with Crippen molar-refractivity contribution in [2.24, 2.45) is 0 Å². The number of nitrogens with zero attached hydrogens (tertiary/aromatic N) is 1. The third-order valence-corrected chi connectivity index (χ3v) is 4.47. The van der Waals surface area contributed by atoms with Gasteiger partial charge in [0.2, 0.25) is 0 Å². The Morgan fingerprint density at radius 2 is 1.71 bits per heavy atom. The number of anilines is 1. The zero-order valence-electron chi connectivity index (χ0n) is 12.1. The highest BCUT2D eigenvalue weighted by atomic mass is 79.9. The first kappa shape index (κ1) is 14.3. The predicted molar refractivity (Wildman–Crippen MR) is 90.3 cm³/mol. The van der Waals surface area contributed by atoms with Crippen molar-refractivity contribution in [1.82, 2.24) is 0 Å². The first-order valence-corrected chi connectivity index (χ1v) is 7.88. The number of hydrogen-bond donors (Lipinski definition) is 0. The van der Waals surface area contributed by atoms with Gasteiger partial charge in [0.05, 0.1) is 6.54 Å². The van der Waals surface area contributed by atoms with Crippen LogP contribution in [0.25, 0.3) is 5.57 Å². The van der Waals surface area contributed by atoms with Crippen LogP contribution in [0.4, 0.5) is 10.1 Å². The third kappa shape index (κ3) is 2.62. The molecule has 0 amide bonds. The molecule has 1 heterocycles. The van der Waals surface area contributed by atoms with E-state index in [1.54, 1.807) is 0 Å². The van der Waals surface area contributed by atoms with Crippen molar-refractivity contribution in [2.45, 2.75) is 19.9 Å². The van der Waals surface area contributed by atoms with Crippen molar-refractivity contribution in [3.8, 4) is 0 Å². The van der Waals surface area contributed by atoms with E-state index in [2.05, 4.69) is 52.9 Å². The highest BCUT2D eigenvalue weighted by Crippen LogP contribution is 2.41. The first-order valence-electron chi connectivity index (χ1n) is 7.08. The Bertz CT molecular complexity index is 689. The summed E-state index contributed by atoms with van der Waals surface area (Å²) in [5, 5.41) is 0. The van der Waals surface area contributed by atoms with E-state index in [1.165, 1.54) is 23.4 Å². The van der Waals surface area contributed by atoms with Crippen LogP contribution in [-0.4, -0.2) is 12.6 Å². The summed E-state index contributed by atoms with van der Waals surface area (Å²) in [5.74, 6) is -0.205. The minimum absolute atomic E-state index is 0.205. The maximum atomic E-state index is 13.2. The van der Waals surface area contributed by atoms with Crippen LogP contribution >= 0.6 is 15.9 Å². The molecule has 0 aromatic heterocycles. The average molecular weight is 346 g/mol. The lowest BCUT2D eigenvalue weighted by Gasteiger charge is -2.36. The summed E-state index contributed by atoms with van der Waals surface area (Å²) in [6, 6.07) is 15.5. The molecule has 0 saturated heterocycles. The van der Waals surface area contributed by atoms with Crippen LogP contribution in [0.2, 0.25) is 0 Å². The van der Waals surface area contributed by atoms with Crippen LogP contribution in [0.3, 0.4) is 0 Å². The summed E-state index contributed by atoms with van der Waals surface area (Å²) >= 11 is 3.73. The Hall–Kier alpha value is -1.61. The molecule has 0 atom stereocenters. The van der Waals surface area contributed by atoms with Crippen molar-refractivity contribution in [3.05, 3.63) is 70.0 Å². The van der Waals surface area contributed by atoms with Crippen LogP contribution in [0, 0.1) is 5.82 Å². The Morgan fingerprint density at radius 1 is 1.05 bits per heavy atom. The van der Waals surface area contributed by atoms with E-state index in [4.69, 9.17) is 0 Å². The lowest BCUT2D eigenvalue weighted by Crippen LogP contribution is -2.35. The van der Waals surface area contributed by atoms with Gasteiger partial charge in [-0.25, -0.2) is 4.39 Å². The fraction of sp³-hybridized carbons (Fsp3) is 0.222. The summed E-state index contributed by atoms with van der Waals surface area (Å²) in [7, 11) is 0. The molecule has 108 valence electrons. The number of benzene rings is 2. The quantitative estimate of drug-likeness (QED) is 0.722. The van der Waals surface area contributed by atoms with Gasteiger partial charge in [0, 0.05) is 27.3 Å². The van der Waals surface area contributed by atoms with Crippen molar-refractivity contribution >= 4 is 27.2 Å². The maximum absolute atomic E-state index is 13.2. The standard InChI is InChI=1S/C18H17BrFN/c1-12(2)21-11-16(19)18(13-7-9-14(20)10-8-13)15-5-3-4-6-17(15)21/h3-10,12H,11H2,1-2H3. The summed E-state index contributed by atoms with van der Waals surface area (Å²) in [6.45, 7) is 5.22. The van der Waals surface area contributed by atoms with Crippen LogP contribution in [0.5, 0.6) is 0 Å². The topological polar surface area (TPSA) is 3.24 Å². The first-order chi connectivity index (χ1) is 10.1. The molecule has 0 fully saturated rings. The molecule has 2 aromatic rings. The van der Waals surface area contributed by atoms with Gasteiger partial charge in [-0.05, 0) is 37.6 Å². The number of rotatable bonds is 2. The molecule has 1 aliphatic rings. The average Bonchev–Trinajstić information content (AvgIpc) is 2.47. The van der Waals surface area contributed by atoms with Gasteiger partial charge in [-0.1, -0.05) is 46.3 Å². The molecule has 0 saturated carbocycles. The second-order valence-corrected chi connectivity index (χ2v) is 6.48. The fourth-order valence-electron chi connectivity index (χ4n) is 2.78. The van der Waals surface area contributed by atoms with Gasteiger partial charge in [-0.2, -0.15) is 0 Å². The second-order valence-electron chi connectivity index (χ2n) is 5.53. The highest BCUT2D eigenvalue weighted by molar-refractivity contribution is 9.11. The van der Waals surface area contributed by atoms with Crippen LogP contribution in [0.15, 0.2) is 53.0 Å². The molecular weight excluding hydrogens is 329 g/mol. The number of halogens is 2. The third-order valence-electron chi connectivity index (χ3n) is 3.82. The Kier molecular flexibility index (Phi) is 3.85. The van der Waals surface area contributed by atoms with Gasteiger partial charge in [-0.15, -0.1) is 0 Å². The van der Waals surface area contributed by atoms with Crippen molar-refractivity contribution in [3.63, 3.8) is 0 Å². The predicted octanol–water partition coefficient (Wildman–Crippen LogP) is 5.21. The molecule has 0 aliphatic carbocycles. The lowest BCUT2D eigenvalue weighted by atomic mass is 9.92. The fourth-order valence-corrected chi connectivity index (χ4v) is 3.50. The van der Waals surface area contributed by atoms with Crippen molar-refractivity contribution in [1.29, 1.82) is 0 Å². The Labute approximate surface area is 133 Å². The molecule has 0 spiro atoms. The normalized spacial score (nSPS) is 14.6. The monoisotopic (exact) mass is 345 g/mol. The van der Waals surface area contributed by atoms with Crippen LogP contribution < -0.4 is 4.90 Å². The van der Waals surface area contributed by atoms with E-state index in [0.717, 1.165) is 22.2 Å².